The highest BCUT2D eigenvalue weighted by molar-refractivity contribution is 6.39. The van der Waals surface area contributed by atoms with Crippen molar-refractivity contribution in [2.45, 2.75) is 186 Å². The normalized spacial score (nSPS) is 38.6. The van der Waals surface area contributed by atoms with Gasteiger partial charge in [-0.15, -0.1) is 0 Å². The van der Waals surface area contributed by atoms with Crippen molar-refractivity contribution in [3.8, 4) is 0 Å². The van der Waals surface area contributed by atoms with Gasteiger partial charge in [-0.25, -0.2) is 9.78 Å². The maximum absolute atomic E-state index is 14.5. The summed E-state index contributed by atoms with van der Waals surface area (Å²) >= 11 is 0. The van der Waals surface area contributed by atoms with Gasteiger partial charge in [0.1, 0.15) is 30.2 Å². The summed E-state index contributed by atoms with van der Waals surface area (Å²) in [5, 5.41) is 37.6. The Kier molecular flexibility index (Phi) is 21.3. The first-order valence-corrected chi connectivity index (χ1v) is 25.4. The number of methoxy groups -OCH3 is 2. The zero-order chi connectivity index (χ0) is 50.4. The van der Waals surface area contributed by atoms with Crippen LogP contribution >= 0.6 is 0 Å². The molecule has 2 bridgehead atoms. The molecule has 1 amide bonds. The number of carbonyl (C=O) groups excluding carboxylic acids is 4. The number of aliphatic hydroxyl groups excluding tert-OH is 2. The second kappa shape index (κ2) is 26.4. The van der Waals surface area contributed by atoms with Crippen molar-refractivity contribution in [3.05, 3.63) is 72.0 Å². The number of anilines is 1. The standard InChI is InChI=1S/C54H82N4O11/c1-33-16-10-9-11-17-34(2)42(57-47-19-12-14-26-56-47)32-41-23-20-38(6)54(65,69-41)51(62)52(63)58-27-15-13-18-43(58)53(64)68-45(35(3)29-39-21-24-44(59)46(31-39)66-7)25-22-40(55)30-37(5)49(61)50(67-8)48(60)36(4)28-33/h9-12,14,16-17,19,26,30,33,35-36,38-46,49-50,59,61,65H,13,15,18,20-25,27-29,31-32,55H2,1-8H3,(H,56,57)/b11-9+,16-10+,34-17+,37-30+/t33-,35-,36?,38?,39?,40+,41+,42-,43?,44-,45+,46?,49?,50+,54?/m1/s1. The number of hydrogen-bond donors (Lipinski definition) is 5. The molecule has 4 heterocycles. The van der Waals surface area contributed by atoms with Crippen LogP contribution in [0.5, 0.6) is 0 Å². The van der Waals surface area contributed by atoms with E-state index in [1.165, 1.54) is 12.0 Å². The van der Waals surface area contributed by atoms with Crippen LogP contribution in [0, 0.1) is 29.6 Å². The average molecular weight is 963 g/mol. The summed E-state index contributed by atoms with van der Waals surface area (Å²) in [5.74, 6) is -5.78. The van der Waals surface area contributed by atoms with Gasteiger partial charge in [-0.1, -0.05) is 75.8 Å². The Morgan fingerprint density at radius 3 is 2.39 bits per heavy atom. The number of amides is 1. The van der Waals surface area contributed by atoms with E-state index >= 15 is 0 Å². The van der Waals surface area contributed by atoms with Gasteiger partial charge in [0.15, 0.2) is 5.78 Å². The Bertz CT molecular complexity index is 1970. The molecule has 0 radical (unpaired) electrons. The van der Waals surface area contributed by atoms with Crippen molar-refractivity contribution < 1.29 is 53.4 Å². The van der Waals surface area contributed by atoms with Gasteiger partial charge in [-0.3, -0.25) is 14.4 Å². The molecule has 5 rings (SSSR count). The topological polar surface area (TPSA) is 220 Å². The molecule has 4 aliphatic rings. The van der Waals surface area contributed by atoms with Gasteiger partial charge in [-0.2, -0.15) is 0 Å². The Morgan fingerprint density at radius 1 is 0.913 bits per heavy atom. The fourth-order valence-corrected chi connectivity index (χ4v) is 10.7. The number of carbonyl (C=O) groups is 4. The number of pyridine rings is 1. The summed E-state index contributed by atoms with van der Waals surface area (Å²) in [5.41, 5.74) is 8.11. The predicted octanol–water partition coefficient (Wildman–Crippen LogP) is 6.55. The lowest BCUT2D eigenvalue weighted by Crippen LogP contribution is -2.61. The number of piperidine rings is 1. The highest BCUT2D eigenvalue weighted by atomic mass is 16.6. The van der Waals surface area contributed by atoms with Gasteiger partial charge in [0, 0.05) is 44.8 Å². The minimum absolute atomic E-state index is 0.0310. The van der Waals surface area contributed by atoms with Crippen LogP contribution in [0.2, 0.25) is 0 Å². The third kappa shape index (κ3) is 15.2. The second-order valence-electron chi connectivity index (χ2n) is 20.6. The molecule has 0 aromatic carbocycles. The first kappa shape index (κ1) is 55.8. The molecule has 6 N–H and O–H groups in total. The van der Waals surface area contributed by atoms with E-state index in [1.54, 1.807) is 33.2 Å². The summed E-state index contributed by atoms with van der Waals surface area (Å²) in [6.45, 7) is 11.4. The first-order chi connectivity index (χ1) is 32.9. The molecule has 2 saturated heterocycles. The Morgan fingerprint density at radius 2 is 1.68 bits per heavy atom. The largest absolute Gasteiger partial charge is 0.461 e. The number of esters is 1. The molecule has 1 aliphatic carbocycles. The lowest BCUT2D eigenvalue weighted by atomic mass is 9.78. The third-order valence-corrected chi connectivity index (χ3v) is 15.1. The fourth-order valence-electron chi connectivity index (χ4n) is 10.7. The number of nitrogens with zero attached hydrogens (tertiary/aromatic N) is 2. The number of hydrogen-bond acceptors (Lipinski definition) is 14. The van der Waals surface area contributed by atoms with Crippen LogP contribution < -0.4 is 11.1 Å². The number of Topliss-reactive ketones (excluding diaryl/α,β-unsaturated/α-hetero) is 2. The monoisotopic (exact) mass is 963 g/mol. The smallest absolute Gasteiger partial charge is 0.329 e. The van der Waals surface area contributed by atoms with E-state index in [9.17, 15) is 34.5 Å². The average Bonchev–Trinajstić information content (AvgIpc) is 3.33. The summed E-state index contributed by atoms with van der Waals surface area (Å²) in [6.07, 6.45) is 15.5. The molecule has 1 aromatic heterocycles. The van der Waals surface area contributed by atoms with Crippen molar-refractivity contribution in [3.63, 3.8) is 0 Å². The van der Waals surface area contributed by atoms with Gasteiger partial charge in [0.05, 0.1) is 24.4 Å². The molecule has 15 atom stereocenters. The minimum atomic E-state index is -2.42. The van der Waals surface area contributed by atoms with Gasteiger partial charge in [0.25, 0.3) is 11.7 Å². The Hall–Kier alpha value is -4.09. The summed E-state index contributed by atoms with van der Waals surface area (Å²) in [4.78, 5) is 62.7. The van der Waals surface area contributed by atoms with Crippen molar-refractivity contribution in [2.24, 2.45) is 35.3 Å². The second-order valence-corrected chi connectivity index (χ2v) is 20.6. The number of cyclic esters (lactones) is 1. The number of aliphatic hydroxyl groups is 3. The lowest BCUT2D eigenvalue weighted by molar-refractivity contribution is -0.263. The van der Waals surface area contributed by atoms with Gasteiger partial charge in [0.2, 0.25) is 5.79 Å². The molecule has 69 heavy (non-hydrogen) atoms. The van der Waals surface area contributed by atoms with Crippen LogP contribution in [0.1, 0.15) is 125 Å². The lowest BCUT2D eigenvalue weighted by Gasteiger charge is -2.43. The number of ether oxygens (including phenoxy) is 4. The SMILES string of the molecule is COC1CC(C[C@@H](C)[C@@H]2CC[C@H](N)/C=C(\C)C(O)[C@@H](OC)C(=O)C(C)C[C@H](C)/C=C/C=C/C=C(\C)[C@H](Nc3ccccn3)C[C@@H]3CCC(C)C(O)(O3)C(=O)C(=O)N3CCCCC3C(=O)O2)CC[C@H]1O. The van der Waals surface area contributed by atoms with Crippen molar-refractivity contribution in [1.82, 2.24) is 9.88 Å². The summed E-state index contributed by atoms with van der Waals surface area (Å²) < 4.78 is 23.9. The Labute approximate surface area is 410 Å². The molecular formula is C54H82N4O11. The van der Waals surface area contributed by atoms with Gasteiger partial charge in [-0.05, 0) is 133 Å². The van der Waals surface area contributed by atoms with Gasteiger partial charge >= 0.3 is 5.97 Å². The van der Waals surface area contributed by atoms with E-state index in [2.05, 4.69) is 10.3 Å². The van der Waals surface area contributed by atoms with Gasteiger partial charge < -0.3 is 50.2 Å². The first-order valence-electron chi connectivity index (χ1n) is 25.4. The number of rotatable bonds is 7. The number of allylic oxidation sites excluding steroid dienone is 5. The maximum Gasteiger partial charge on any atom is 0.329 e. The highest BCUT2D eigenvalue weighted by Gasteiger charge is 2.53. The molecule has 0 spiro atoms. The molecule has 384 valence electrons. The van der Waals surface area contributed by atoms with Crippen molar-refractivity contribution in [2.75, 3.05) is 26.1 Å². The molecule has 3 fully saturated rings. The summed E-state index contributed by atoms with van der Waals surface area (Å²) in [7, 11) is 3.01. The van der Waals surface area contributed by atoms with Crippen LogP contribution in [0.3, 0.4) is 0 Å². The molecule has 1 saturated carbocycles. The zero-order valence-electron chi connectivity index (χ0n) is 42.3. The molecule has 7 unspecified atom stereocenters. The van der Waals surface area contributed by atoms with E-state index < -0.39 is 77.9 Å². The number of nitrogens with two attached hydrogens (primary N) is 1. The molecule has 15 heteroatoms. The summed E-state index contributed by atoms with van der Waals surface area (Å²) in [6, 6.07) is 3.58. The number of ketones is 2. The van der Waals surface area contributed by atoms with Crippen LogP contribution in [0.4, 0.5) is 5.82 Å². The highest BCUT2D eigenvalue weighted by Crippen LogP contribution is 2.38. The fraction of sp³-hybridized carbons (Fsp3) is 0.685. The maximum atomic E-state index is 14.5. The Balaban J connectivity index is 1.47. The van der Waals surface area contributed by atoms with Crippen LogP contribution in [-0.4, -0.2) is 130 Å². The van der Waals surface area contributed by atoms with Crippen LogP contribution in [0.25, 0.3) is 0 Å². The van der Waals surface area contributed by atoms with Crippen molar-refractivity contribution >= 4 is 29.3 Å². The van der Waals surface area contributed by atoms with Crippen molar-refractivity contribution in [1.29, 1.82) is 0 Å². The predicted molar refractivity (Wildman–Crippen MR) is 264 cm³/mol. The number of fused-ring (bicyclic) bond motifs is 3. The van der Waals surface area contributed by atoms with E-state index in [0.717, 1.165) is 12.0 Å². The van der Waals surface area contributed by atoms with Crippen LogP contribution in [-0.2, 0) is 38.1 Å². The molecular weight excluding hydrogens is 881 g/mol. The third-order valence-electron chi connectivity index (χ3n) is 15.1. The van der Waals surface area contributed by atoms with E-state index in [4.69, 9.17) is 24.7 Å². The van der Waals surface area contributed by atoms with E-state index in [-0.39, 0.29) is 48.6 Å². The quantitative estimate of drug-likeness (QED) is 0.111. The number of aromatic nitrogens is 1. The van der Waals surface area contributed by atoms with E-state index in [1.807, 2.05) is 76.3 Å². The minimum Gasteiger partial charge on any atom is -0.461 e. The molecule has 3 aliphatic heterocycles. The van der Waals surface area contributed by atoms with Crippen LogP contribution in [0.15, 0.2) is 72.0 Å². The molecule has 1 aromatic rings. The van der Waals surface area contributed by atoms with E-state index in [0.29, 0.717) is 82.0 Å². The zero-order valence-corrected chi connectivity index (χ0v) is 42.3. The molecule has 15 nitrogen and oxygen atoms in total. The number of nitrogens with one attached hydrogen (secondary N) is 1.